The van der Waals surface area contributed by atoms with Crippen LogP contribution in [0.4, 0.5) is 4.39 Å². The smallest absolute Gasteiger partial charge is 0.175 e. The van der Waals surface area contributed by atoms with Crippen LogP contribution in [0.15, 0.2) is 29.3 Å². The molecule has 0 amide bonds. The van der Waals surface area contributed by atoms with Gasteiger partial charge < -0.3 is 5.11 Å². The van der Waals surface area contributed by atoms with E-state index in [-0.39, 0.29) is 11.6 Å². The van der Waals surface area contributed by atoms with Gasteiger partial charge in [-0.15, -0.1) is 0 Å². The zero-order chi connectivity index (χ0) is 14.3. The maximum atomic E-state index is 13.0. The second-order valence-electron chi connectivity index (χ2n) is 5.92. The number of aliphatic imine (C=N–C) groups is 1. The molecule has 3 atom stereocenters. The molecule has 0 aromatic heterocycles. The number of hydrogen-bond acceptors (Lipinski definition) is 3. The third-order valence-electron chi connectivity index (χ3n) is 4.60. The van der Waals surface area contributed by atoms with Crippen LogP contribution in [0.25, 0.3) is 0 Å². The Balaban J connectivity index is 2.02. The van der Waals surface area contributed by atoms with Crippen LogP contribution in [0.2, 0.25) is 0 Å². The minimum Gasteiger partial charge on any atom is -0.383 e. The highest BCUT2D eigenvalue weighted by atomic mass is 19.1. The lowest BCUT2D eigenvalue weighted by atomic mass is 9.66. The van der Waals surface area contributed by atoms with Crippen LogP contribution >= 0.6 is 0 Å². The molecular formula is C16H18FNO2. The van der Waals surface area contributed by atoms with Crippen LogP contribution in [0.1, 0.15) is 44.2 Å². The quantitative estimate of drug-likeness (QED) is 0.856. The maximum Gasteiger partial charge on any atom is 0.175 e. The molecule has 20 heavy (non-hydrogen) atoms. The van der Waals surface area contributed by atoms with E-state index in [1.807, 2.05) is 6.92 Å². The zero-order valence-corrected chi connectivity index (χ0v) is 11.5. The van der Waals surface area contributed by atoms with E-state index in [9.17, 15) is 14.3 Å². The van der Waals surface area contributed by atoms with E-state index in [0.717, 1.165) is 31.4 Å². The lowest BCUT2D eigenvalue weighted by molar-refractivity contribution is -0.136. The van der Waals surface area contributed by atoms with Crippen LogP contribution < -0.4 is 0 Å². The van der Waals surface area contributed by atoms with E-state index in [0.29, 0.717) is 5.56 Å². The SMILES string of the molecule is C[C@@]12CCCCC1=N[C@@H](c1ccc(F)cc1)[C@H](O)C2=O. The third kappa shape index (κ3) is 1.99. The van der Waals surface area contributed by atoms with Crippen LogP contribution in [-0.2, 0) is 4.79 Å². The fourth-order valence-electron chi connectivity index (χ4n) is 3.29. The number of rotatable bonds is 1. The molecule has 1 aliphatic carbocycles. The Hall–Kier alpha value is -1.55. The van der Waals surface area contributed by atoms with Crippen molar-refractivity contribution in [3.05, 3.63) is 35.6 Å². The Morgan fingerprint density at radius 1 is 1.30 bits per heavy atom. The number of hydrogen-bond donors (Lipinski definition) is 1. The second-order valence-corrected chi connectivity index (χ2v) is 5.92. The number of Topliss-reactive ketones (excluding diaryl/α,β-unsaturated/α-hetero) is 1. The Morgan fingerprint density at radius 3 is 2.70 bits per heavy atom. The lowest BCUT2D eigenvalue weighted by Crippen LogP contribution is -2.50. The van der Waals surface area contributed by atoms with Gasteiger partial charge in [-0.25, -0.2) is 4.39 Å². The number of halogens is 1. The van der Waals surface area contributed by atoms with Crippen molar-refractivity contribution in [2.24, 2.45) is 10.4 Å². The van der Waals surface area contributed by atoms with Crippen LogP contribution in [0.3, 0.4) is 0 Å². The first-order valence-electron chi connectivity index (χ1n) is 7.07. The van der Waals surface area contributed by atoms with Crippen molar-refractivity contribution in [3.8, 4) is 0 Å². The van der Waals surface area contributed by atoms with E-state index in [2.05, 4.69) is 4.99 Å². The van der Waals surface area contributed by atoms with Gasteiger partial charge in [-0.2, -0.15) is 0 Å². The lowest BCUT2D eigenvalue weighted by Gasteiger charge is -2.41. The summed E-state index contributed by atoms with van der Waals surface area (Å²) in [6, 6.07) is 5.25. The molecule has 106 valence electrons. The molecule has 1 saturated carbocycles. The summed E-state index contributed by atoms with van der Waals surface area (Å²) in [5, 5.41) is 10.3. The molecule has 2 aliphatic rings. The van der Waals surface area contributed by atoms with Crippen LogP contribution in [0.5, 0.6) is 0 Å². The predicted octanol–water partition coefficient (Wildman–Crippen LogP) is 2.83. The molecule has 1 heterocycles. The van der Waals surface area contributed by atoms with Crippen molar-refractivity contribution < 1.29 is 14.3 Å². The Bertz CT molecular complexity index is 566. The van der Waals surface area contributed by atoms with Gasteiger partial charge in [0.05, 0.1) is 5.41 Å². The molecule has 0 unspecified atom stereocenters. The van der Waals surface area contributed by atoms with Crippen LogP contribution in [-0.4, -0.2) is 22.7 Å². The number of benzene rings is 1. The summed E-state index contributed by atoms with van der Waals surface area (Å²) < 4.78 is 13.0. The van der Waals surface area contributed by atoms with Crippen molar-refractivity contribution in [2.75, 3.05) is 0 Å². The Kier molecular flexibility index (Phi) is 3.21. The van der Waals surface area contributed by atoms with Gasteiger partial charge in [0.2, 0.25) is 0 Å². The number of ketones is 1. The number of carbonyl (C=O) groups excluding carboxylic acids is 1. The number of nitrogens with zero attached hydrogens (tertiary/aromatic N) is 1. The number of aliphatic hydroxyl groups excluding tert-OH is 1. The first kappa shape index (κ1) is 13.4. The number of carbonyl (C=O) groups is 1. The van der Waals surface area contributed by atoms with E-state index in [1.54, 1.807) is 12.1 Å². The summed E-state index contributed by atoms with van der Waals surface area (Å²) >= 11 is 0. The van der Waals surface area contributed by atoms with E-state index in [1.165, 1.54) is 12.1 Å². The summed E-state index contributed by atoms with van der Waals surface area (Å²) in [4.78, 5) is 17.2. The van der Waals surface area contributed by atoms with Gasteiger partial charge in [0.15, 0.2) is 5.78 Å². The molecule has 1 aromatic rings. The highest BCUT2D eigenvalue weighted by Gasteiger charge is 2.48. The molecule has 1 N–H and O–H groups in total. The third-order valence-corrected chi connectivity index (χ3v) is 4.60. The van der Waals surface area contributed by atoms with Gasteiger partial charge >= 0.3 is 0 Å². The second kappa shape index (κ2) is 4.77. The molecule has 1 fully saturated rings. The molecule has 3 rings (SSSR count). The molecule has 4 heteroatoms. The van der Waals surface area contributed by atoms with Crippen molar-refractivity contribution >= 4 is 11.5 Å². The molecular weight excluding hydrogens is 257 g/mol. The average molecular weight is 275 g/mol. The van der Waals surface area contributed by atoms with Gasteiger partial charge in [-0.1, -0.05) is 18.6 Å². The van der Waals surface area contributed by atoms with Gasteiger partial charge in [-0.3, -0.25) is 9.79 Å². The average Bonchev–Trinajstić information content (AvgIpc) is 2.45. The molecule has 0 saturated heterocycles. The number of fused-ring (bicyclic) bond motifs is 1. The highest BCUT2D eigenvalue weighted by molar-refractivity contribution is 6.13. The van der Waals surface area contributed by atoms with Gasteiger partial charge in [0, 0.05) is 5.71 Å². The fraction of sp³-hybridized carbons (Fsp3) is 0.500. The Labute approximate surface area is 117 Å². The summed E-state index contributed by atoms with van der Waals surface area (Å²) in [6.45, 7) is 1.89. The van der Waals surface area contributed by atoms with Crippen molar-refractivity contribution in [1.82, 2.24) is 0 Å². The highest BCUT2D eigenvalue weighted by Crippen LogP contribution is 2.42. The van der Waals surface area contributed by atoms with E-state index in [4.69, 9.17) is 0 Å². The molecule has 0 radical (unpaired) electrons. The summed E-state index contributed by atoms with van der Waals surface area (Å²) in [5.41, 5.74) is 0.981. The van der Waals surface area contributed by atoms with Crippen molar-refractivity contribution in [3.63, 3.8) is 0 Å². The maximum absolute atomic E-state index is 13.0. The molecule has 0 spiro atoms. The van der Waals surface area contributed by atoms with Crippen molar-refractivity contribution in [1.29, 1.82) is 0 Å². The monoisotopic (exact) mass is 275 g/mol. The number of aliphatic hydroxyl groups is 1. The molecule has 0 bridgehead atoms. The first-order chi connectivity index (χ1) is 9.52. The van der Waals surface area contributed by atoms with Gasteiger partial charge in [-0.05, 0) is 43.9 Å². The van der Waals surface area contributed by atoms with Gasteiger partial charge in [0.25, 0.3) is 0 Å². The summed E-state index contributed by atoms with van der Waals surface area (Å²) in [6.07, 6.45) is 2.47. The zero-order valence-electron chi connectivity index (χ0n) is 11.5. The topological polar surface area (TPSA) is 49.7 Å². The van der Waals surface area contributed by atoms with Gasteiger partial charge in [0.1, 0.15) is 18.0 Å². The molecule has 1 aliphatic heterocycles. The van der Waals surface area contributed by atoms with E-state index >= 15 is 0 Å². The minimum atomic E-state index is -1.13. The first-order valence-corrected chi connectivity index (χ1v) is 7.07. The Morgan fingerprint density at radius 2 is 2.00 bits per heavy atom. The minimum absolute atomic E-state index is 0.142. The molecule has 3 nitrogen and oxygen atoms in total. The normalized spacial score (nSPS) is 33.5. The largest absolute Gasteiger partial charge is 0.383 e. The summed E-state index contributed by atoms with van der Waals surface area (Å²) in [7, 11) is 0. The fourth-order valence-corrected chi connectivity index (χ4v) is 3.29. The van der Waals surface area contributed by atoms with Crippen LogP contribution in [0, 0.1) is 11.2 Å². The molecule has 1 aromatic carbocycles. The predicted molar refractivity (Wildman–Crippen MR) is 74.2 cm³/mol. The summed E-state index contributed by atoms with van der Waals surface area (Å²) in [5.74, 6) is -0.475. The standard InChI is InChI=1S/C16H18FNO2/c1-16-9-3-2-4-12(16)18-13(14(19)15(16)20)10-5-7-11(17)8-6-10/h5-8,13-14,19H,2-4,9H2,1H3/t13-,14-,16+/m0/s1. The van der Waals surface area contributed by atoms with Crippen molar-refractivity contribution in [2.45, 2.75) is 44.8 Å². The van der Waals surface area contributed by atoms with E-state index < -0.39 is 17.6 Å².